The molecule has 2 fully saturated rings. The lowest BCUT2D eigenvalue weighted by atomic mass is 10.2. The molecule has 316 valence electrons. The first-order chi connectivity index (χ1) is 28.9. The lowest BCUT2D eigenvalue weighted by Crippen LogP contribution is -2.28. The number of aromatic amines is 1. The van der Waals surface area contributed by atoms with Crippen LogP contribution in [0.2, 0.25) is 0 Å². The van der Waals surface area contributed by atoms with Crippen molar-refractivity contribution >= 4 is 83.9 Å². The Hall–Kier alpha value is -4.63. The first-order valence-corrected chi connectivity index (χ1v) is 23.1. The number of carbonyl (C=O) groups excluding carboxylic acids is 2. The van der Waals surface area contributed by atoms with Gasteiger partial charge in [-0.05, 0) is 23.9 Å². The Morgan fingerprint density at radius 2 is 1.85 bits per heavy atom. The van der Waals surface area contributed by atoms with E-state index in [1.165, 1.54) is 23.5 Å². The van der Waals surface area contributed by atoms with Crippen molar-refractivity contribution < 1.29 is 46.8 Å². The number of nitriles is 1. The van der Waals surface area contributed by atoms with Crippen LogP contribution in [0, 0.1) is 17.2 Å². The summed E-state index contributed by atoms with van der Waals surface area (Å²) in [6.07, 6.45) is -1.16. The minimum atomic E-state index is -3.73. The Kier molecular flexibility index (Phi) is 13.7. The number of aliphatic hydroxyl groups is 1. The summed E-state index contributed by atoms with van der Waals surface area (Å²) in [6.45, 7) is -1.23. The average molecular weight is 902 g/mol. The van der Waals surface area contributed by atoms with E-state index < -0.39 is 68.9 Å². The van der Waals surface area contributed by atoms with Gasteiger partial charge in [-0.15, -0.1) is 0 Å². The molecule has 2 amide bonds. The molecule has 7 rings (SSSR count). The summed E-state index contributed by atoms with van der Waals surface area (Å²) in [4.78, 5) is 62.1. The first kappa shape index (κ1) is 43.5. The van der Waals surface area contributed by atoms with Gasteiger partial charge >= 0.3 is 13.9 Å². The van der Waals surface area contributed by atoms with Crippen LogP contribution in [0.3, 0.4) is 0 Å². The fourth-order valence-electron chi connectivity index (χ4n) is 6.42. The van der Waals surface area contributed by atoms with Gasteiger partial charge in [0.05, 0.1) is 57.2 Å². The van der Waals surface area contributed by atoms with Gasteiger partial charge in [0.15, 0.2) is 40.5 Å². The zero-order chi connectivity index (χ0) is 42.6. The van der Waals surface area contributed by atoms with Gasteiger partial charge in [-0.3, -0.25) is 33.8 Å². The summed E-state index contributed by atoms with van der Waals surface area (Å²) in [5.41, 5.74) is 0.423. The molecule has 6 heterocycles. The molecule has 0 radical (unpaired) electrons. The highest BCUT2D eigenvalue weighted by Crippen LogP contribution is 2.54. The molecule has 22 nitrogen and oxygen atoms in total. The van der Waals surface area contributed by atoms with E-state index in [2.05, 4.69) is 40.5 Å². The number of H-pyrrole nitrogens is 1. The molecular formula is C34H37N11O11P2S2. The number of amides is 2. The molecular weight excluding hydrogens is 865 g/mol. The number of imidazole rings is 2. The van der Waals surface area contributed by atoms with Gasteiger partial charge < -0.3 is 45.7 Å². The van der Waals surface area contributed by atoms with Crippen LogP contribution in [0.15, 0.2) is 54.1 Å². The Morgan fingerprint density at radius 1 is 1.08 bits per heavy atom. The van der Waals surface area contributed by atoms with Gasteiger partial charge in [0.1, 0.15) is 18.7 Å². The standard InChI is InChI=1S/C34H37N11O11P2S2/c1-18(2)30(47)42-34-41-29-26(32(49)43-34)39-17-45(29)33-22(55-57(50)59)11-20(53-33)14-52-58(60,51-10-6-9-35)56-21-12-24(54-23(21)13-46)44-16-38-25-27(36-15-37-28(25)44)40-31(48)19-7-4-3-5-8-19/h3-5,7-8,15-18,20-24,33,46H,6,10-14H2,1-2H3,(H,36,37,40,48)(H2,41,42,43,47,49)/t20-,21-,22+,23+,24+,33+,58?/m0/s1. The summed E-state index contributed by atoms with van der Waals surface area (Å²) in [7, 11) is -2.54. The predicted octanol–water partition coefficient (Wildman–Crippen LogP) is 3.52. The minimum Gasteiger partial charge on any atom is -0.408 e. The quantitative estimate of drug-likeness (QED) is 0.0590. The molecule has 60 heavy (non-hydrogen) atoms. The molecule has 0 bridgehead atoms. The van der Waals surface area contributed by atoms with E-state index in [0.717, 1.165) is 0 Å². The SMILES string of the molecule is CC(C)C(=O)Nc1nc2c(ncn2[C@@H]2O[C@H](COP(=S)(OCCC#N)O[C@H]3C[C@H](n4cnc5c(NC(=O)c6ccccc6)ncnc54)O[C@@H]3CO)C[C@H]2O[P+](=O)[S-])c(=O)[nH]1. The number of benzene rings is 1. The highest BCUT2D eigenvalue weighted by atomic mass is 32.7. The number of ether oxygens (including phenoxy) is 2. The minimum absolute atomic E-state index is 0.0363. The zero-order valence-corrected chi connectivity index (χ0v) is 35.1. The number of hydrogen-bond acceptors (Lipinski definition) is 19. The van der Waals surface area contributed by atoms with Gasteiger partial charge in [0, 0.05) is 24.3 Å². The third-order valence-corrected chi connectivity index (χ3v) is 12.4. The first-order valence-electron chi connectivity index (χ1n) is 18.4. The number of hydrogen-bond donors (Lipinski definition) is 4. The van der Waals surface area contributed by atoms with Gasteiger partial charge in [0.2, 0.25) is 11.9 Å². The fourth-order valence-corrected chi connectivity index (χ4v) is 9.31. The molecule has 4 aromatic heterocycles. The van der Waals surface area contributed by atoms with Crippen molar-refractivity contribution in [3.05, 3.63) is 65.2 Å². The summed E-state index contributed by atoms with van der Waals surface area (Å²) >= 11 is 10.7. The van der Waals surface area contributed by atoms with Crippen LogP contribution in [0.4, 0.5) is 11.8 Å². The number of anilines is 2. The second-order valence-electron chi connectivity index (χ2n) is 13.7. The third-order valence-electron chi connectivity index (χ3n) is 9.28. The van der Waals surface area contributed by atoms with Crippen LogP contribution in [0.25, 0.3) is 22.3 Å². The normalized spacial score (nSPS) is 22.8. The monoisotopic (exact) mass is 901 g/mol. The van der Waals surface area contributed by atoms with Crippen molar-refractivity contribution in [2.45, 2.75) is 70.0 Å². The molecule has 2 unspecified atom stereocenters. The molecule has 8 atom stereocenters. The highest BCUT2D eigenvalue weighted by Gasteiger charge is 2.45. The predicted molar refractivity (Wildman–Crippen MR) is 217 cm³/mol. The van der Waals surface area contributed by atoms with E-state index >= 15 is 0 Å². The van der Waals surface area contributed by atoms with Crippen molar-refractivity contribution in [3.8, 4) is 6.07 Å². The van der Waals surface area contributed by atoms with E-state index in [1.54, 1.807) is 48.7 Å². The third kappa shape index (κ3) is 9.77. The number of aromatic nitrogens is 8. The molecule has 1 aromatic carbocycles. The average Bonchev–Trinajstić information content (AvgIpc) is 4.03. The number of fused-ring (bicyclic) bond motifs is 2. The van der Waals surface area contributed by atoms with Crippen molar-refractivity contribution in [2.24, 2.45) is 5.92 Å². The molecule has 26 heteroatoms. The zero-order valence-electron chi connectivity index (χ0n) is 31.7. The maximum absolute atomic E-state index is 12.9. The number of carbonyl (C=O) groups is 2. The number of aliphatic hydroxyl groups excluding tert-OH is 1. The summed E-state index contributed by atoms with van der Waals surface area (Å²) < 4.78 is 51.5. The van der Waals surface area contributed by atoms with Gasteiger partial charge in [-0.25, -0.2) is 19.9 Å². The molecule has 2 aliphatic rings. The molecule has 0 spiro atoms. The Labute approximate surface area is 351 Å². The number of rotatable bonds is 17. The summed E-state index contributed by atoms with van der Waals surface area (Å²) in [5.74, 6) is -1.10. The van der Waals surface area contributed by atoms with Crippen LogP contribution in [-0.4, -0.2) is 100 Å². The number of nitrogens with one attached hydrogen (secondary N) is 3. The number of nitrogens with zero attached hydrogens (tertiary/aromatic N) is 8. The fraction of sp³-hybridized carbons (Fsp3) is 0.441. The molecule has 5 aromatic rings. The van der Waals surface area contributed by atoms with Crippen LogP contribution in [0.1, 0.15) is 55.9 Å². The Balaban J connectivity index is 1.07. The molecule has 0 saturated carbocycles. The van der Waals surface area contributed by atoms with Crippen molar-refractivity contribution in [1.82, 2.24) is 39.0 Å². The van der Waals surface area contributed by atoms with Gasteiger partial charge in [-0.1, -0.05) is 36.6 Å². The van der Waals surface area contributed by atoms with E-state index in [0.29, 0.717) is 16.7 Å². The maximum atomic E-state index is 12.9. The molecule has 2 aliphatic heterocycles. The van der Waals surface area contributed by atoms with Crippen LogP contribution < -0.4 is 16.2 Å². The second-order valence-corrected chi connectivity index (χ2v) is 18.2. The Morgan fingerprint density at radius 3 is 2.58 bits per heavy atom. The smallest absolute Gasteiger partial charge is 0.372 e. The van der Waals surface area contributed by atoms with Crippen LogP contribution >= 0.6 is 13.9 Å². The Bertz CT molecular complexity index is 2540. The van der Waals surface area contributed by atoms with Gasteiger partial charge in [-0.2, -0.15) is 14.8 Å². The summed E-state index contributed by atoms with van der Waals surface area (Å²) in [6, 6.07) is 10.6. The van der Waals surface area contributed by atoms with Crippen molar-refractivity contribution in [3.63, 3.8) is 0 Å². The second kappa shape index (κ2) is 19.0. The highest BCUT2D eigenvalue weighted by molar-refractivity contribution is 8.25. The molecule has 4 N–H and O–H groups in total. The van der Waals surface area contributed by atoms with Crippen molar-refractivity contribution in [2.75, 3.05) is 30.5 Å². The maximum Gasteiger partial charge on any atom is 0.372 e. The van der Waals surface area contributed by atoms with E-state index in [4.69, 9.17) is 51.6 Å². The summed E-state index contributed by atoms with van der Waals surface area (Å²) in [5, 5.41) is 24.9. The molecule has 2 saturated heterocycles. The van der Waals surface area contributed by atoms with E-state index in [-0.39, 0.29) is 67.2 Å². The topological polar surface area (TPSA) is 282 Å². The lowest BCUT2D eigenvalue weighted by Gasteiger charge is -2.27. The lowest BCUT2D eigenvalue weighted by molar-refractivity contribution is -0.118. The van der Waals surface area contributed by atoms with Crippen LogP contribution in [-0.2, 0) is 61.0 Å². The largest absolute Gasteiger partial charge is 0.408 e. The van der Waals surface area contributed by atoms with Gasteiger partial charge in [0.25, 0.3) is 11.5 Å². The van der Waals surface area contributed by atoms with Crippen LogP contribution in [0.5, 0.6) is 0 Å². The van der Waals surface area contributed by atoms with E-state index in [1.807, 2.05) is 6.07 Å². The molecule has 0 aliphatic carbocycles. The van der Waals surface area contributed by atoms with E-state index in [9.17, 15) is 29.3 Å². The van der Waals surface area contributed by atoms with Crippen molar-refractivity contribution in [1.29, 1.82) is 5.26 Å².